The van der Waals surface area contributed by atoms with Crippen molar-refractivity contribution in [3.63, 3.8) is 0 Å². The van der Waals surface area contributed by atoms with Crippen LogP contribution in [-0.2, 0) is 21.0 Å². The third kappa shape index (κ3) is 3.09. The summed E-state index contributed by atoms with van der Waals surface area (Å²) in [5.41, 5.74) is -1.47. The summed E-state index contributed by atoms with van der Waals surface area (Å²) >= 11 is 0. The van der Waals surface area contributed by atoms with Gasteiger partial charge in [-0.25, -0.2) is 4.98 Å². The number of ether oxygens (including phenoxy) is 2. The normalized spacial score (nSPS) is 10.8. The molecule has 0 N–H and O–H groups in total. The fourth-order valence-corrected chi connectivity index (χ4v) is 1.76. The maximum atomic E-state index is 12.0. The Balaban J connectivity index is 2.18. The molecule has 0 spiro atoms. The van der Waals surface area contributed by atoms with Gasteiger partial charge in [-0.15, -0.1) is 0 Å². The number of aryl methyl sites for hydroxylation is 1. The summed E-state index contributed by atoms with van der Waals surface area (Å²) in [5.74, 6) is -0.284. The van der Waals surface area contributed by atoms with Crippen LogP contribution >= 0.6 is 0 Å². The molecule has 2 aromatic heterocycles. The number of nitrogens with zero attached hydrogens (tertiary/aromatic N) is 5. The second kappa shape index (κ2) is 6.30. The van der Waals surface area contributed by atoms with Crippen molar-refractivity contribution in [2.24, 2.45) is 0 Å². The van der Waals surface area contributed by atoms with Crippen LogP contribution in [0.4, 0.5) is 5.69 Å². The molecule has 0 aromatic carbocycles. The van der Waals surface area contributed by atoms with Crippen molar-refractivity contribution in [3.05, 3.63) is 32.5 Å². The van der Waals surface area contributed by atoms with Gasteiger partial charge >= 0.3 is 17.2 Å². The summed E-state index contributed by atoms with van der Waals surface area (Å²) in [6.07, 6.45) is 1.28. The summed E-state index contributed by atoms with van der Waals surface area (Å²) in [6, 6.07) is 0. The Morgan fingerprint density at radius 1 is 1.45 bits per heavy atom. The Morgan fingerprint density at radius 3 is 2.82 bits per heavy atom. The van der Waals surface area contributed by atoms with Crippen LogP contribution in [0.2, 0.25) is 0 Å². The monoisotopic (exact) mass is 311 g/mol. The van der Waals surface area contributed by atoms with E-state index in [0.29, 0.717) is 0 Å². The molecule has 0 aliphatic heterocycles. The highest BCUT2D eigenvalue weighted by Crippen LogP contribution is 2.10. The number of aromatic nitrogens is 4. The summed E-state index contributed by atoms with van der Waals surface area (Å²) in [6.45, 7) is 2.92. The number of rotatable bonds is 6. The van der Waals surface area contributed by atoms with Crippen LogP contribution < -0.4 is 5.56 Å². The molecule has 0 unspecified atom stereocenters. The lowest BCUT2D eigenvalue weighted by Gasteiger charge is -2.05. The van der Waals surface area contributed by atoms with Crippen molar-refractivity contribution in [1.29, 1.82) is 0 Å². The van der Waals surface area contributed by atoms with Crippen LogP contribution in [0.25, 0.3) is 5.78 Å². The summed E-state index contributed by atoms with van der Waals surface area (Å²) in [4.78, 5) is 36.6. The minimum absolute atomic E-state index is 0.00309. The first-order chi connectivity index (χ1) is 10.4. The van der Waals surface area contributed by atoms with Crippen LogP contribution in [0.5, 0.6) is 0 Å². The van der Waals surface area contributed by atoms with Crippen molar-refractivity contribution < 1.29 is 19.2 Å². The topological polar surface area (TPSA) is 131 Å². The van der Waals surface area contributed by atoms with Crippen LogP contribution in [0.3, 0.4) is 0 Å². The average Bonchev–Trinajstić information content (AvgIpc) is 2.81. The molecule has 11 heteroatoms. The van der Waals surface area contributed by atoms with Gasteiger partial charge in [0, 0.05) is 6.92 Å². The maximum absolute atomic E-state index is 12.0. The number of esters is 1. The predicted molar refractivity (Wildman–Crippen MR) is 71.2 cm³/mol. The van der Waals surface area contributed by atoms with Gasteiger partial charge in [0.1, 0.15) is 25.4 Å². The van der Waals surface area contributed by atoms with Gasteiger partial charge in [-0.3, -0.25) is 24.3 Å². The summed E-state index contributed by atoms with van der Waals surface area (Å²) in [7, 11) is 0. The first-order valence-corrected chi connectivity index (χ1v) is 6.22. The van der Waals surface area contributed by atoms with E-state index in [1.807, 2.05) is 0 Å². The number of carbonyl (C=O) groups excluding carboxylic acids is 1. The second-order valence-corrected chi connectivity index (χ2v) is 4.30. The molecule has 0 saturated heterocycles. The number of hydrogen-bond donors (Lipinski definition) is 0. The van der Waals surface area contributed by atoms with E-state index >= 15 is 0 Å². The zero-order chi connectivity index (χ0) is 16.3. The van der Waals surface area contributed by atoms with Crippen LogP contribution in [-0.4, -0.2) is 43.3 Å². The molecule has 0 aliphatic carbocycles. The van der Waals surface area contributed by atoms with E-state index in [-0.39, 0.29) is 31.4 Å². The van der Waals surface area contributed by atoms with Crippen molar-refractivity contribution in [3.8, 4) is 0 Å². The molecule has 2 aromatic rings. The van der Waals surface area contributed by atoms with Crippen molar-refractivity contribution in [2.75, 3.05) is 13.2 Å². The highest BCUT2D eigenvalue weighted by Gasteiger charge is 2.22. The Labute approximate surface area is 123 Å². The zero-order valence-electron chi connectivity index (χ0n) is 11.9. The third-order valence-corrected chi connectivity index (χ3v) is 2.70. The maximum Gasteiger partial charge on any atom is 0.357 e. The van der Waals surface area contributed by atoms with Gasteiger partial charge in [0.05, 0.1) is 11.5 Å². The molecule has 0 saturated carbocycles. The van der Waals surface area contributed by atoms with Gasteiger partial charge in [0.2, 0.25) is 5.78 Å². The fourth-order valence-electron chi connectivity index (χ4n) is 1.76. The quantitative estimate of drug-likeness (QED) is 0.306. The largest absolute Gasteiger partial charge is 0.463 e. The number of hydrogen-bond acceptors (Lipinski definition) is 8. The van der Waals surface area contributed by atoms with Gasteiger partial charge in [0.25, 0.3) is 0 Å². The van der Waals surface area contributed by atoms with E-state index in [4.69, 9.17) is 9.47 Å². The van der Waals surface area contributed by atoms with Gasteiger partial charge in [-0.2, -0.15) is 9.61 Å². The van der Waals surface area contributed by atoms with E-state index < -0.39 is 22.1 Å². The summed E-state index contributed by atoms with van der Waals surface area (Å²) in [5, 5.41) is 14.6. The van der Waals surface area contributed by atoms with Crippen LogP contribution in [0, 0.1) is 17.0 Å². The van der Waals surface area contributed by atoms with Gasteiger partial charge in [-0.1, -0.05) is 0 Å². The van der Waals surface area contributed by atoms with E-state index in [1.54, 1.807) is 0 Å². The molecular formula is C11H13N5O6. The molecule has 0 fully saturated rings. The molecule has 0 radical (unpaired) electrons. The first kappa shape index (κ1) is 15.6. The molecule has 2 rings (SSSR count). The number of fused-ring (bicyclic) bond motifs is 1. The lowest BCUT2D eigenvalue weighted by atomic mass is 10.4. The average molecular weight is 311 g/mol. The lowest BCUT2D eigenvalue weighted by molar-refractivity contribution is -0.387. The molecule has 0 atom stereocenters. The number of carbonyl (C=O) groups is 1. The lowest BCUT2D eigenvalue weighted by Crippen LogP contribution is -2.21. The third-order valence-electron chi connectivity index (χ3n) is 2.70. The zero-order valence-corrected chi connectivity index (χ0v) is 11.9. The van der Waals surface area contributed by atoms with E-state index in [9.17, 15) is 19.7 Å². The highest BCUT2D eigenvalue weighted by molar-refractivity contribution is 5.65. The Bertz CT molecular complexity index is 779. The van der Waals surface area contributed by atoms with Crippen molar-refractivity contribution in [1.82, 2.24) is 19.2 Å². The molecule has 11 nitrogen and oxygen atoms in total. The highest BCUT2D eigenvalue weighted by atomic mass is 16.6. The minimum atomic E-state index is -0.855. The Morgan fingerprint density at radius 2 is 2.18 bits per heavy atom. The van der Waals surface area contributed by atoms with Crippen molar-refractivity contribution in [2.45, 2.75) is 20.6 Å². The van der Waals surface area contributed by atoms with Gasteiger partial charge in [0.15, 0.2) is 0 Å². The first-order valence-electron chi connectivity index (χ1n) is 6.22. The minimum Gasteiger partial charge on any atom is -0.463 e. The van der Waals surface area contributed by atoms with E-state index in [0.717, 1.165) is 4.52 Å². The van der Waals surface area contributed by atoms with Crippen LogP contribution in [0.15, 0.2) is 11.1 Å². The number of nitro groups is 1. The molecule has 2 heterocycles. The SMILES string of the molecule is CC(=O)OCCOCn1cnn2c(=O)c([N+](=O)[O-])c(C)nc12. The van der Waals surface area contributed by atoms with E-state index in [1.165, 1.54) is 24.7 Å². The second-order valence-electron chi connectivity index (χ2n) is 4.30. The Hall–Kier alpha value is -2.82. The molecule has 22 heavy (non-hydrogen) atoms. The molecule has 0 bridgehead atoms. The standard InChI is InChI=1S/C11H13N5O6/c1-7-9(16(19)20)10(18)15-11(13-7)14(5-12-15)6-21-3-4-22-8(2)17/h5H,3-4,6H2,1-2H3. The predicted octanol–water partition coefficient (Wildman–Crippen LogP) is -0.355. The molecule has 0 aliphatic rings. The van der Waals surface area contributed by atoms with Gasteiger partial charge < -0.3 is 9.47 Å². The van der Waals surface area contributed by atoms with E-state index in [2.05, 4.69) is 10.1 Å². The Kier molecular flexibility index (Phi) is 4.46. The molecule has 0 amide bonds. The fraction of sp³-hybridized carbons (Fsp3) is 0.455. The smallest absolute Gasteiger partial charge is 0.357 e. The molecular weight excluding hydrogens is 298 g/mol. The summed E-state index contributed by atoms with van der Waals surface area (Å²) < 4.78 is 12.2. The van der Waals surface area contributed by atoms with Gasteiger partial charge in [-0.05, 0) is 6.92 Å². The van der Waals surface area contributed by atoms with Crippen molar-refractivity contribution >= 4 is 17.4 Å². The molecule has 118 valence electrons. The van der Waals surface area contributed by atoms with Crippen LogP contribution in [0.1, 0.15) is 12.6 Å².